The summed E-state index contributed by atoms with van der Waals surface area (Å²) < 4.78 is 6.18. The summed E-state index contributed by atoms with van der Waals surface area (Å²) in [6, 6.07) is 24.9. The monoisotopic (exact) mass is 517 g/mol. The minimum atomic E-state index is -0.782. The highest BCUT2D eigenvalue weighted by Gasteiger charge is 2.35. The average molecular weight is 518 g/mol. The number of H-pyrrole nitrogens is 1. The lowest BCUT2D eigenvalue weighted by Gasteiger charge is -2.17. The summed E-state index contributed by atoms with van der Waals surface area (Å²) in [6.07, 6.45) is 1.64. The molecular weight excluding hydrogens is 500 g/mol. The lowest BCUT2D eigenvalue weighted by molar-refractivity contribution is -0.672. The number of aliphatic imine (C=N–C) groups is 1. The number of para-hydroxylation sites is 2. The van der Waals surface area contributed by atoms with Crippen molar-refractivity contribution in [3.63, 3.8) is 0 Å². The van der Waals surface area contributed by atoms with Crippen LogP contribution < -0.4 is 15.2 Å². The van der Waals surface area contributed by atoms with Gasteiger partial charge in [0.25, 0.3) is 5.91 Å². The Bertz CT molecular complexity index is 1560. The number of anilines is 1. The zero-order valence-electron chi connectivity index (χ0n) is 18.6. The molecule has 0 spiro atoms. The standard InChI is InChI=1S/C26H17ClN4O4S/c27-18-9-7-8-17(14-18)15-21-24(33)30(19-10-3-1-4-11-19)26(28-21)36-16-22(32)23-25(34)35-29-31(23)20-12-5-2-6-13-20/h1-15H,16H2/p+1/b21-15+. The van der Waals surface area contributed by atoms with Crippen LogP contribution in [0.15, 0.2) is 105 Å². The molecule has 0 radical (unpaired) electrons. The largest absolute Gasteiger partial charge is 0.438 e. The Labute approximate surface area is 214 Å². The van der Waals surface area contributed by atoms with Crippen molar-refractivity contribution in [2.24, 2.45) is 4.99 Å². The molecule has 3 aromatic carbocycles. The number of carbonyl (C=O) groups is 2. The molecule has 1 aliphatic heterocycles. The molecule has 2 heterocycles. The summed E-state index contributed by atoms with van der Waals surface area (Å²) in [4.78, 5) is 44.7. The van der Waals surface area contributed by atoms with Crippen molar-refractivity contribution >= 4 is 52.0 Å². The molecule has 1 N–H and O–H groups in total. The van der Waals surface area contributed by atoms with Gasteiger partial charge >= 0.3 is 11.3 Å². The van der Waals surface area contributed by atoms with Gasteiger partial charge in [-0.3, -0.25) is 19.0 Å². The van der Waals surface area contributed by atoms with Crippen LogP contribution in [0.5, 0.6) is 0 Å². The van der Waals surface area contributed by atoms with E-state index in [-0.39, 0.29) is 23.1 Å². The molecular formula is C26H18ClN4O4S+. The van der Waals surface area contributed by atoms with Crippen molar-refractivity contribution in [1.29, 1.82) is 0 Å². The minimum Gasteiger partial charge on any atom is -0.286 e. The number of nitrogens with zero attached hydrogens (tertiary/aromatic N) is 3. The molecule has 0 atom stereocenters. The Morgan fingerprint density at radius 2 is 1.75 bits per heavy atom. The molecule has 0 fully saturated rings. The maximum atomic E-state index is 13.3. The molecule has 1 aromatic heterocycles. The van der Waals surface area contributed by atoms with E-state index in [9.17, 15) is 14.4 Å². The normalized spacial score (nSPS) is 14.4. The van der Waals surface area contributed by atoms with E-state index in [4.69, 9.17) is 16.1 Å². The number of halogens is 1. The number of hydrogen-bond acceptors (Lipinski definition) is 6. The van der Waals surface area contributed by atoms with E-state index in [1.54, 1.807) is 60.7 Å². The number of rotatable bonds is 6. The number of thioether (sulfide) groups is 1. The fourth-order valence-electron chi connectivity index (χ4n) is 3.62. The third-order valence-electron chi connectivity index (χ3n) is 5.25. The molecule has 1 aliphatic rings. The van der Waals surface area contributed by atoms with Gasteiger partial charge < -0.3 is 0 Å². The topological polar surface area (TPSA) is 99.6 Å². The number of hydrogen-bond donors (Lipinski definition) is 1. The van der Waals surface area contributed by atoms with Gasteiger partial charge in [0.15, 0.2) is 5.17 Å². The summed E-state index contributed by atoms with van der Waals surface area (Å²) >= 11 is 7.14. The Balaban J connectivity index is 1.45. The molecule has 5 rings (SSSR count). The van der Waals surface area contributed by atoms with Gasteiger partial charge in [-0.1, -0.05) is 71.9 Å². The van der Waals surface area contributed by atoms with Crippen molar-refractivity contribution in [2.75, 3.05) is 10.7 Å². The van der Waals surface area contributed by atoms with Crippen LogP contribution in [0.25, 0.3) is 11.8 Å². The highest BCUT2D eigenvalue weighted by atomic mass is 35.5. The number of nitrogens with one attached hydrogen (secondary N) is 1. The fraction of sp³-hybridized carbons (Fsp3) is 0.0385. The zero-order chi connectivity index (χ0) is 25.1. The van der Waals surface area contributed by atoms with Crippen molar-refractivity contribution in [3.05, 3.63) is 117 Å². The van der Waals surface area contributed by atoms with E-state index >= 15 is 0 Å². The van der Waals surface area contributed by atoms with E-state index in [2.05, 4.69) is 10.3 Å². The van der Waals surface area contributed by atoms with Crippen molar-refractivity contribution in [1.82, 2.24) is 5.27 Å². The van der Waals surface area contributed by atoms with Crippen LogP contribution in [0.3, 0.4) is 0 Å². The molecule has 0 bridgehead atoms. The molecule has 10 heteroatoms. The quantitative estimate of drug-likeness (QED) is 0.234. The highest BCUT2D eigenvalue weighted by Crippen LogP contribution is 2.29. The maximum Gasteiger partial charge on any atom is 0.438 e. The zero-order valence-corrected chi connectivity index (χ0v) is 20.2. The smallest absolute Gasteiger partial charge is 0.286 e. The van der Waals surface area contributed by atoms with Gasteiger partial charge in [-0.25, -0.2) is 9.79 Å². The Kier molecular flexibility index (Phi) is 6.66. The van der Waals surface area contributed by atoms with E-state index in [1.165, 1.54) is 9.58 Å². The number of aromatic nitrogens is 2. The SMILES string of the molecule is O=C(CSC1=N/C(=C/c2cccc(Cl)c2)C(=O)N1c1ccccc1)c1c(=O)o[nH][n+]1-c1ccccc1. The average Bonchev–Trinajstić information content (AvgIpc) is 3.43. The van der Waals surface area contributed by atoms with Gasteiger partial charge in [0.05, 0.1) is 11.4 Å². The minimum absolute atomic E-state index is 0.144. The third-order valence-corrected chi connectivity index (χ3v) is 6.43. The predicted octanol–water partition coefficient (Wildman–Crippen LogP) is 4.26. The van der Waals surface area contributed by atoms with Crippen LogP contribution in [0.1, 0.15) is 16.1 Å². The second-order valence-corrected chi connectivity index (χ2v) is 9.05. The van der Waals surface area contributed by atoms with Crippen LogP contribution in [-0.4, -0.2) is 27.9 Å². The lowest BCUT2D eigenvalue weighted by Crippen LogP contribution is -2.41. The van der Waals surface area contributed by atoms with E-state index in [0.717, 1.165) is 17.3 Å². The van der Waals surface area contributed by atoms with Gasteiger partial charge in [-0.15, -0.1) is 0 Å². The lowest BCUT2D eigenvalue weighted by atomic mass is 10.2. The number of ketones is 1. The second kappa shape index (κ2) is 10.2. The van der Waals surface area contributed by atoms with E-state index in [0.29, 0.717) is 21.6 Å². The number of amides is 1. The van der Waals surface area contributed by atoms with E-state index in [1.807, 2.05) is 30.3 Å². The van der Waals surface area contributed by atoms with Crippen LogP contribution in [0.2, 0.25) is 5.02 Å². The van der Waals surface area contributed by atoms with Crippen LogP contribution >= 0.6 is 23.4 Å². The summed E-state index contributed by atoms with van der Waals surface area (Å²) in [5.74, 6) is -0.957. The number of amidine groups is 1. The molecule has 0 aliphatic carbocycles. The third kappa shape index (κ3) is 4.79. The van der Waals surface area contributed by atoms with Crippen LogP contribution in [0.4, 0.5) is 5.69 Å². The second-order valence-electron chi connectivity index (χ2n) is 7.67. The first-order valence-corrected chi connectivity index (χ1v) is 12.2. The first-order chi connectivity index (χ1) is 17.5. The number of Topliss-reactive ketones (excluding diaryl/α,β-unsaturated/α-hetero) is 1. The molecule has 0 saturated carbocycles. The molecule has 0 saturated heterocycles. The molecule has 1 amide bonds. The molecule has 4 aromatic rings. The summed E-state index contributed by atoms with van der Waals surface area (Å²) in [5, 5.41) is 3.32. The Morgan fingerprint density at radius 3 is 2.47 bits per heavy atom. The first kappa shape index (κ1) is 23.5. The maximum absolute atomic E-state index is 13.3. The first-order valence-electron chi connectivity index (χ1n) is 10.8. The molecule has 0 unspecified atom stereocenters. The van der Waals surface area contributed by atoms with Crippen molar-refractivity contribution < 1.29 is 18.8 Å². The van der Waals surface area contributed by atoms with Crippen LogP contribution in [-0.2, 0) is 4.79 Å². The summed E-state index contributed by atoms with van der Waals surface area (Å²) in [7, 11) is 0. The predicted molar refractivity (Wildman–Crippen MR) is 138 cm³/mol. The Hall–Kier alpha value is -4.21. The van der Waals surface area contributed by atoms with Gasteiger partial charge in [0.1, 0.15) is 5.70 Å². The molecule has 178 valence electrons. The highest BCUT2D eigenvalue weighted by molar-refractivity contribution is 8.14. The van der Waals surface area contributed by atoms with Crippen LogP contribution in [0, 0.1) is 0 Å². The van der Waals surface area contributed by atoms with Gasteiger partial charge in [-0.05, 0) is 45.9 Å². The number of benzene rings is 3. The molecule has 36 heavy (non-hydrogen) atoms. The Morgan fingerprint density at radius 1 is 1.03 bits per heavy atom. The van der Waals surface area contributed by atoms with Crippen molar-refractivity contribution in [2.45, 2.75) is 0 Å². The summed E-state index contributed by atoms with van der Waals surface area (Å²) in [6.45, 7) is 0. The number of carbonyl (C=O) groups excluding carboxylic acids is 2. The fourth-order valence-corrected chi connectivity index (χ4v) is 4.70. The van der Waals surface area contributed by atoms with Gasteiger partial charge in [0.2, 0.25) is 11.5 Å². The van der Waals surface area contributed by atoms with Gasteiger partial charge in [0, 0.05) is 17.2 Å². The van der Waals surface area contributed by atoms with Gasteiger partial charge in [-0.2, -0.15) is 0 Å². The number of aromatic amines is 1. The molecule has 8 nitrogen and oxygen atoms in total. The van der Waals surface area contributed by atoms with Crippen molar-refractivity contribution in [3.8, 4) is 5.69 Å². The summed E-state index contributed by atoms with van der Waals surface area (Å²) in [5.41, 5.74) is 1.17. The van der Waals surface area contributed by atoms with E-state index < -0.39 is 11.4 Å².